The van der Waals surface area contributed by atoms with Gasteiger partial charge in [0, 0.05) is 51.7 Å². The molecule has 0 spiro atoms. The molecule has 27 heavy (non-hydrogen) atoms. The van der Waals surface area contributed by atoms with E-state index in [0.29, 0.717) is 37.9 Å². The number of anilines is 2. The zero-order chi connectivity index (χ0) is 18.6. The number of hydrogen-bond acceptors (Lipinski definition) is 5. The number of nitrogens with one attached hydrogen (secondary N) is 1. The van der Waals surface area contributed by atoms with Gasteiger partial charge in [-0.3, -0.25) is 10.00 Å². The Morgan fingerprint density at radius 1 is 1.00 bits per heavy atom. The van der Waals surface area contributed by atoms with Crippen molar-refractivity contribution < 1.29 is 4.79 Å². The molecule has 0 atom stereocenters. The predicted octanol–water partition coefficient (Wildman–Crippen LogP) is 2.23. The topological polar surface area (TPSA) is 79.2 Å². The normalized spacial score (nSPS) is 14.3. The number of amides is 2. The fraction of sp³-hybridized carbons (Fsp3) is 0.263. The van der Waals surface area contributed by atoms with Gasteiger partial charge in [0.2, 0.25) is 5.95 Å². The molecule has 1 fully saturated rings. The molecule has 8 heteroatoms. The first-order valence-electron chi connectivity index (χ1n) is 8.88. The molecule has 3 aromatic rings. The monoisotopic (exact) mass is 363 g/mol. The lowest BCUT2D eigenvalue weighted by molar-refractivity contribution is 0.208. The van der Waals surface area contributed by atoms with Gasteiger partial charge < -0.3 is 9.80 Å². The second-order valence-electron chi connectivity index (χ2n) is 6.36. The summed E-state index contributed by atoms with van der Waals surface area (Å²) in [5.74, 6) is 1.25. The Morgan fingerprint density at radius 3 is 2.41 bits per heavy atom. The van der Waals surface area contributed by atoms with Crippen molar-refractivity contribution >= 4 is 17.8 Å². The van der Waals surface area contributed by atoms with Crippen molar-refractivity contribution in [3.8, 4) is 11.3 Å². The Labute approximate surface area is 157 Å². The molecule has 2 amide bonds. The molecular weight excluding hydrogens is 342 g/mol. The summed E-state index contributed by atoms with van der Waals surface area (Å²) in [7, 11) is 1.87. The zero-order valence-corrected chi connectivity index (χ0v) is 15.1. The standard InChI is InChI=1S/C19H21N7O/c1-24-16(15-6-3-2-4-7-15)14-17(23-24)22-19(27)26-12-10-25(11-13-26)18-20-8-5-9-21-18/h2-9,14H,10-13H2,1H3,(H,22,23,27). The second kappa shape index (κ2) is 7.45. The summed E-state index contributed by atoms with van der Waals surface area (Å²) in [4.78, 5) is 25.0. The molecule has 0 aliphatic carbocycles. The third-order valence-electron chi connectivity index (χ3n) is 4.59. The number of aryl methyl sites for hydroxylation is 1. The van der Waals surface area contributed by atoms with E-state index >= 15 is 0 Å². The SMILES string of the molecule is Cn1nc(NC(=O)N2CCN(c3ncccn3)CC2)cc1-c1ccccc1. The van der Waals surface area contributed by atoms with Crippen molar-refractivity contribution in [2.45, 2.75) is 0 Å². The molecule has 8 nitrogen and oxygen atoms in total. The first-order chi connectivity index (χ1) is 13.2. The maximum atomic E-state index is 12.6. The van der Waals surface area contributed by atoms with Crippen LogP contribution in [0.2, 0.25) is 0 Å². The van der Waals surface area contributed by atoms with Crippen LogP contribution in [0.4, 0.5) is 16.6 Å². The summed E-state index contributed by atoms with van der Waals surface area (Å²) >= 11 is 0. The molecule has 0 saturated carbocycles. The van der Waals surface area contributed by atoms with Gasteiger partial charge in [-0.25, -0.2) is 14.8 Å². The maximum absolute atomic E-state index is 12.6. The minimum absolute atomic E-state index is 0.138. The smallest absolute Gasteiger partial charge is 0.323 e. The van der Waals surface area contributed by atoms with Crippen molar-refractivity contribution in [3.63, 3.8) is 0 Å². The van der Waals surface area contributed by atoms with E-state index in [1.54, 1.807) is 28.0 Å². The highest BCUT2D eigenvalue weighted by molar-refractivity contribution is 5.89. The van der Waals surface area contributed by atoms with E-state index < -0.39 is 0 Å². The minimum atomic E-state index is -0.138. The predicted molar refractivity (Wildman–Crippen MR) is 103 cm³/mol. The third kappa shape index (κ3) is 3.74. The average Bonchev–Trinajstić information content (AvgIpc) is 3.09. The number of nitrogens with zero attached hydrogens (tertiary/aromatic N) is 6. The molecule has 0 radical (unpaired) electrons. The van der Waals surface area contributed by atoms with Gasteiger partial charge in [-0.1, -0.05) is 30.3 Å². The fourth-order valence-corrected chi connectivity index (χ4v) is 3.16. The molecule has 1 N–H and O–H groups in total. The highest BCUT2D eigenvalue weighted by Crippen LogP contribution is 2.22. The largest absolute Gasteiger partial charge is 0.337 e. The molecule has 0 bridgehead atoms. The lowest BCUT2D eigenvalue weighted by atomic mass is 10.1. The Bertz CT molecular complexity index is 902. The van der Waals surface area contributed by atoms with Crippen molar-refractivity contribution in [3.05, 3.63) is 54.9 Å². The molecule has 1 aliphatic rings. The summed E-state index contributed by atoms with van der Waals surface area (Å²) in [6.07, 6.45) is 3.46. The molecule has 3 heterocycles. The van der Waals surface area contributed by atoms with Crippen LogP contribution in [-0.2, 0) is 7.05 Å². The number of aromatic nitrogens is 4. The van der Waals surface area contributed by atoms with Crippen LogP contribution in [0.25, 0.3) is 11.3 Å². The third-order valence-corrected chi connectivity index (χ3v) is 4.59. The number of benzene rings is 1. The molecule has 0 unspecified atom stereocenters. The first-order valence-corrected chi connectivity index (χ1v) is 8.88. The zero-order valence-electron chi connectivity index (χ0n) is 15.1. The highest BCUT2D eigenvalue weighted by Gasteiger charge is 2.23. The number of piperazine rings is 1. The summed E-state index contributed by atoms with van der Waals surface area (Å²) in [6.45, 7) is 2.63. The van der Waals surface area contributed by atoms with Gasteiger partial charge in [0.25, 0.3) is 0 Å². The summed E-state index contributed by atoms with van der Waals surface area (Å²) in [5.41, 5.74) is 2.02. The highest BCUT2D eigenvalue weighted by atomic mass is 16.2. The van der Waals surface area contributed by atoms with Crippen molar-refractivity contribution in [1.29, 1.82) is 0 Å². The van der Waals surface area contributed by atoms with Crippen LogP contribution < -0.4 is 10.2 Å². The number of rotatable bonds is 3. The molecule has 4 rings (SSSR count). The van der Waals surface area contributed by atoms with Crippen molar-refractivity contribution in [2.24, 2.45) is 7.05 Å². The van der Waals surface area contributed by atoms with Crippen LogP contribution in [0.3, 0.4) is 0 Å². The molecule has 1 aromatic carbocycles. The lowest BCUT2D eigenvalue weighted by Crippen LogP contribution is -2.50. The van der Waals surface area contributed by atoms with E-state index in [2.05, 4.69) is 25.3 Å². The Hall–Kier alpha value is -3.42. The number of carbonyl (C=O) groups excluding carboxylic acids is 1. The van der Waals surface area contributed by atoms with Gasteiger partial charge in [-0.05, 0) is 11.6 Å². The Balaban J connectivity index is 1.38. The van der Waals surface area contributed by atoms with E-state index in [0.717, 1.165) is 11.3 Å². The minimum Gasteiger partial charge on any atom is -0.337 e. The van der Waals surface area contributed by atoms with Gasteiger partial charge in [-0.15, -0.1) is 0 Å². The van der Waals surface area contributed by atoms with Crippen LogP contribution in [0.15, 0.2) is 54.9 Å². The van der Waals surface area contributed by atoms with E-state index in [9.17, 15) is 4.79 Å². The second-order valence-corrected chi connectivity index (χ2v) is 6.36. The number of hydrogen-bond donors (Lipinski definition) is 1. The quantitative estimate of drug-likeness (QED) is 0.772. The van der Waals surface area contributed by atoms with E-state index in [1.165, 1.54) is 0 Å². The van der Waals surface area contributed by atoms with E-state index in [-0.39, 0.29) is 6.03 Å². The van der Waals surface area contributed by atoms with Crippen LogP contribution in [0.1, 0.15) is 0 Å². The summed E-state index contributed by atoms with van der Waals surface area (Å²) < 4.78 is 1.77. The molecular formula is C19H21N7O. The van der Waals surface area contributed by atoms with Crippen molar-refractivity contribution in [2.75, 3.05) is 36.4 Å². The Kier molecular flexibility index (Phi) is 4.69. The fourth-order valence-electron chi connectivity index (χ4n) is 3.16. The van der Waals surface area contributed by atoms with E-state index in [4.69, 9.17) is 0 Å². The summed E-state index contributed by atoms with van der Waals surface area (Å²) in [5, 5.41) is 7.31. The maximum Gasteiger partial charge on any atom is 0.323 e. The van der Waals surface area contributed by atoms with Gasteiger partial charge in [0.1, 0.15) is 0 Å². The van der Waals surface area contributed by atoms with Gasteiger partial charge in [-0.2, -0.15) is 5.10 Å². The van der Waals surface area contributed by atoms with Crippen LogP contribution in [-0.4, -0.2) is 56.9 Å². The van der Waals surface area contributed by atoms with Gasteiger partial charge in [0.15, 0.2) is 5.82 Å². The molecule has 138 valence electrons. The number of urea groups is 1. The van der Waals surface area contributed by atoms with Crippen LogP contribution in [0, 0.1) is 0 Å². The van der Waals surface area contributed by atoms with Crippen molar-refractivity contribution in [1.82, 2.24) is 24.6 Å². The first kappa shape index (κ1) is 17.0. The van der Waals surface area contributed by atoms with Gasteiger partial charge >= 0.3 is 6.03 Å². The molecule has 1 saturated heterocycles. The van der Waals surface area contributed by atoms with Crippen LogP contribution >= 0.6 is 0 Å². The molecule has 2 aromatic heterocycles. The number of carbonyl (C=O) groups is 1. The van der Waals surface area contributed by atoms with Gasteiger partial charge in [0.05, 0.1) is 5.69 Å². The average molecular weight is 363 g/mol. The van der Waals surface area contributed by atoms with Crippen LogP contribution in [0.5, 0.6) is 0 Å². The lowest BCUT2D eigenvalue weighted by Gasteiger charge is -2.34. The van der Waals surface area contributed by atoms with E-state index in [1.807, 2.05) is 43.4 Å². The Morgan fingerprint density at radius 2 is 1.70 bits per heavy atom. The summed E-state index contributed by atoms with van der Waals surface area (Å²) in [6, 6.07) is 13.5. The molecule has 1 aliphatic heterocycles.